The Morgan fingerprint density at radius 2 is 1.61 bits per heavy atom. The molecular formula is C31H31ClFN4O4+. The van der Waals surface area contributed by atoms with Gasteiger partial charge < -0.3 is 25.1 Å². The number of aliphatic hydroxyl groups excluding tert-OH is 1. The summed E-state index contributed by atoms with van der Waals surface area (Å²) in [5, 5.41) is 19.6. The van der Waals surface area contributed by atoms with Crippen molar-refractivity contribution in [2.24, 2.45) is 5.92 Å². The Hall–Kier alpha value is -4.05. The molecule has 41 heavy (non-hydrogen) atoms. The number of carbonyl (C=O) groups is 2. The van der Waals surface area contributed by atoms with Crippen molar-refractivity contribution >= 4 is 35.3 Å². The smallest absolute Gasteiger partial charge is 0.385 e. The average molecular weight is 578 g/mol. The molecule has 0 radical (unpaired) electrons. The second kappa shape index (κ2) is 12.6. The molecule has 212 valence electrons. The number of benzene rings is 3. The molecule has 8 nitrogen and oxygen atoms in total. The molecule has 10 heteroatoms. The first-order chi connectivity index (χ1) is 19.9. The molecule has 1 aliphatic heterocycles. The lowest BCUT2D eigenvalue weighted by atomic mass is 10.0. The van der Waals surface area contributed by atoms with Gasteiger partial charge in [0.2, 0.25) is 5.91 Å². The first-order valence-corrected chi connectivity index (χ1v) is 13.8. The summed E-state index contributed by atoms with van der Waals surface area (Å²) in [6.07, 6.45) is 3.01. The molecule has 4 N–H and O–H groups in total. The highest BCUT2D eigenvalue weighted by molar-refractivity contribution is 6.30. The van der Waals surface area contributed by atoms with E-state index in [9.17, 15) is 19.1 Å². The Bertz CT molecular complexity index is 1460. The van der Waals surface area contributed by atoms with E-state index >= 15 is 0 Å². The fourth-order valence-corrected chi connectivity index (χ4v) is 4.90. The molecule has 1 saturated carbocycles. The number of aliphatic hydroxyl groups is 1. The van der Waals surface area contributed by atoms with Crippen molar-refractivity contribution in [2.45, 2.75) is 19.4 Å². The van der Waals surface area contributed by atoms with E-state index in [4.69, 9.17) is 21.7 Å². The van der Waals surface area contributed by atoms with Crippen LogP contribution in [0.15, 0.2) is 78.2 Å². The molecule has 1 aliphatic carbocycles. The number of quaternary nitrogens is 1. The van der Waals surface area contributed by atoms with Gasteiger partial charge in [-0.1, -0.05) is 29.8 Å². The van der Waals surface area contributed by atoms with Crippen LogP contribution < -0.4 is 10.1 Å². The van der Waals surface area contributed by atoms with Crippen LogP contribution in [0.25, 0.3) is 11.1 Å². The van der Waals surface area contributed by atoms with Gasteiger partial charge in [0.25, 0.3) is 5.76 Å². The fourth-order valence-electron chi connectivity index (χ4n) is 4.77. The Labute approximate surface area is 242 Å². The normalized spacial score (nSPS) is 15.8. The number of nitrogens with one attached hydrogen (secondary N) is 1. The van der Waals surface area contributed by atoms with Gasteiger partial charge in [-0.05, 0) is 60.4 Å². The number of hydrogen-bond donors (Lipinski definition) is 3. The molecule has 3 aromatic rings. The maximum Gasteiger partial charge on any atom is 0.385 e. The SMILES string of the molecule is N=C/C(=C(/Oc1ccc(-c2ccc(F)c(CO)c2)cc1)C(=O)[NH2+]c1ccc(Cl)cc1)N1CCN(C(=O)C2CC2)CC1. The van der Waals surface area contributed by atoms with E-state index in [0.717, 1.165) is 30.2 Å². The van der Waals surface area contributed by atoms with Gasteiger partial charge in [0, 0.05) is 61.0 Å². The van der Waals surface area contributed by atoms with E-state index in [2.05, 4.69) is 0 Å². The van der Waals surface area contributed by atoms with Crippen LogP contribution in [0.5, 0.6) is 5.75 Å². The highest BCUT2D eigenvalue weighted by Crippen LogP contribution is 2.31. The van der Waals surface area contributed by atoms with Crippen LogP contribution in [-0.2, 0) is 16.2 Å². The van der Waals surface area contributed by atoms with Gasteiger partial charge in [0.1, 0.15) is 23.0 Å². The maximum atomic E-state index is 13.8. The Balaban J connectivity index is 1.40. The Morgan fingerprint density at radius 3 is 2.22 bits per heavy atom. The summed E-state index contributed by atoms with van der Waals surface area (Å²) in [5.74, 6) is -0.194. The number of allylic oxidation sites excluding steroid dienone is 1. The predicted octanol–water partition coefficient (Wildman–Crippen LogP) is 3.85. The van der Waals surface area contributed by atoms with Gasteiger partial charge in [-0.25, -0.2) is 14.5 Å². The maximum absolute atomic E-state index is 13.8. The molecule has 2 amide bonds. The van der Waals surface area contributed by atoms with Crippen LogP contribution >= 0.6 is 11.6 Å². The summed E-state index contributed by atoms with van der Waals surface area (Å²) in [6, 6.07) is 18.3. The molecular weight excluding hydrogens is 547 g/mol. The van der Waals surface area contributed by atoms with E-state index in [0.29, 0.717) is 48.3 Å². The van der Waals surface area contributed by atoms with Crippen LogP contribution in [0.2, 0.25) is 5.02 Å². The highest BCUT2D eigenvalue weighted by Gasteiger charge is 2.35. The number of halogens is 2. The molecule has 0 bridgehead atoms. The first-order valence-electron chi connectivity index (χ1n) is 13.5. The monoisotopic (exact) mass is 577 g/mol. The van der Waals surface area contributed by atoms with E-state index < -0.39 is 18.3 Å². The number of primary amides is 1. The second-order valence-corrected chi connectivity index (χ2v) is 10.5. The molecule has 2 fully saturated rings. The van der Waals surface area contributed by atoms with Crippen molar-refractivity contribution in [3.05, 3.63) is 94.6 Å². The lowest BCUT2D eigenvalue weighted by molar-refractivity contribution is -0.481. The Kier molecular flexibility index (Phi) is 8.78. The third kappa shape index (κ3) is 6.82. The minimum absolute atomic E-state index is 0.00554. The quantitative estimate of drug-likeness (QED) is 0.155. The summed E-state index contributed by atoms with van der Waals surface area (Å²) in [4.78, 5) is 29.9. The minimum Gasteiger partial charge on any atom is -0.446 e. The molecule has 0 spiro atoms. The van der Waals surface area contributed by atoms with Crippen molar-refractivity contribution in [3.63, 3.8) is 0 Å². The second-order valence-electron chi connectivity index (χ2n) is 10.1. The van der Waals surface area contributed by atoms with E-state index in [1.54, 1.807) is 60.7 Å². The van der Waals surface area contributed by atoms with E-state index in [1.807, 2.05) is 9.80 Å². The predicted molar refractivity (Wildman–Crippen MR) is 153 cm³/mol. The van der Waals surface area contributed by atoms with Crippen molar-refractivity contribution in [1.82, 2.24) is 9.80 Å². The number of ether oxygens (including phenoxy) is 1. The number of rotatable bonds is 9. The minimum atomic E-state index is -0.474. The summed E-state index contributed by atoms with van der Waals surface area (Å²) in [7, 11) is 0. The summed E-state index contributed by atoms with van der Waals surface area (Å²) < 4.78 is 20.0. The lowest BCUT2D eigenvalue weighted by Gasteiger charge is -2.36. The first kappa shape index (κ1) is 28.5. The van der Waals surface area contributed by atoms with Gasteiger partial charge >= 0.3 is 5.91 Å². The third-order valence-electron chi connectivity index (χ3n) is 7.24. The van der Waals surface area contributed by atoms with Gasteiger partial charge in [0.05, 0.1) is 6.61 Å². The standard InChI is InChI=1S/C31H30ClFN4O4/c32-24-6-8-25(9-7-24)35-30(39)29(28(18-34)36-13-15-37(16-14-36)31(40)21-1-2-21)41-26-10-3-20(4-11-26)22-5-12-27(33)23(17-22)19-38/h3-12,17-18,21,34,38H,1-2,13-16,19H2,(H,35,39)/p+1/b29-28-,34-18?. The van der Waals surface area contributed by atoms with Crippen LogP contribution in [0.3, 0.4) is 0 Å². The molecule has 1 saturated heterocycles. The van der Waals surface area contributed by atoms with Gasteiger partial charge in [-0.15, -0.1) is 0 Å². The topological polar surface area (TPSA) is 111 Å². The van der Waals surface area contributed by atoms with Gasteiger partial charge in [-0.3, -0.25) is 4.79 Å². The van der Waals surface area contributed by atoms with Crippen LogP contribution in [0.1, 0.15) is 18.4 Å². The molecule has 0 atom stereocenters. The zero-order valence-electron chi connectivity index (χ0n) is 22.4. The Morgan fingerprint density at radius 1 is 0.976 bits per heavy atom. The fraction of sp³-hybridized carbons (Fsp3) is 0.258. The molecule has 5 rings (SSSR count). The summed E-state index contributed by atoms with van der Waals surface area (Å²) >= 11 is 6.00. The van der Waals surface area contributed by atoms with Crippen LogP contribution in [0.4, 0.5) is 10.1 Å². The van der Waals surface area contributed by atoms with Crippen molar-refractivity contribution < 1.29 is 29.1 Å². The summed E-state index contributed by atoms with van der Waals surface area (Å²) in [6.45, 7) is 1.56. The molecule has 0 unspecified atom stereocenters. The number of nitrogens with zero attached hydrogens (tertiary/aromatic N) is 2. The molecule has 3 aromatic carbocycles. The van der Waals surface area contributed by atoms with Crippen molar-refractivity contribution in [1.29, 1.82) is 5.41 Å². The third-order valence-corrected chi connectivity index (χ3v) is 7.50. The van der Waals surface area contributed by atoms with Crippen LogP contribution in [0, 0.1) is 17.1 Å². The molecule has 0 aromatic heterocycles. The zero-order valence-corrected chi connectivity index (χ0v) is 23.1. The number of nitrogens with two attached hydrogens (primary N) is 1. The van der Waals surface area contributed by atoms with E-state index in [1.165, 1.54) is 11.4 Å². The number of carbonyl (C=O) groups excluding carboxylic acids is 2. The van der Waals surface area contributed by atoms with Crippen LogP contribution in [-0.4, -0.2) is 59.1 Å². The van der Waals surface area contributed by atoms with Gasteiger partial charge in [-0.2, -0.15) is 0 Å². The molecule has 1 heterocycles. The van der Waals surface area contributed by atoms with E-state index in [-0.39, 0.29) is 23.1 Å². The van der Waals surface area contributed by atoms with Crippen molar-refractivity contribution in [2.75, 3.05) is 26.2 Å². The number of hydrogen-bond acceptors (Lipinski definition) is 6. The highest BCUT2D eigenvalue weighted by atomic mass is 35.5. The number of amides is 2. The average Bonchev–Trinajstić information content (AvgIpc) is 3.85. The largest absolute Gasteiger partial charge is 0.446 e. The molecule has 2 aliphatic rings. The van der Waals surface area contributed by atoms with Gasteiger partial charge in [0.15, 0.2) is 0 Å². The lowest BCUT2D eigenvalue weighted by Crippen LogP contribution is -2.83. The van der Waals surface area contributed by atoms with Crippen molar-refractivity contribution in [3.8, 4) is 16.9 Å². The number of piperazine rings is 1. The summed E-state index contributed by atoms with van der Waals surface area (Å²) in [5.41, 5.74) is 2.67. The zero-order chi connectivity index (χ0) is 28.9.